The maximum Gasteiger partial charge on any atom is 0.0689 e. The molecule has 0 aromatic carbocycles. The van der Waals surface area contributed by atoms with Gasteiger partial charge in [0.25, 0.3) is 0 Å². The standard InChI is InChI=1S/Ce.2NO3.H3N/c;2*2-1(3)4;/h;;;1H3/q;2*-1;. The van der Waals surface area contributed by atoms with E-state index in [-0.39, 0.29) is 47.9 Å². The van der Waals surface area contributed by atoms with Gasteiger partial charge in [0.1, 0.15) is 0 Å². The molecule has 0 atom stereocenters. The van der Waals surface area contributed by atoms with Crippen molar-refractivity contribution in [3.63, 3.8) is 0 Å². The van der Waals surface area contributed by atoms with Crippen LogP contribution in [0.5, 0.6) is 0 Å². The molecule has 10 heteroatoms. The Labute approximate surface area is 88.2 Å². The zero-order chi connectivity index (χ0) is 7.15. The summed E-state index contributed by atoms with van der Waals surface area (Å²) in [5.74, 6) is 0. The Bertz CT molecular complexity index is 71.0. The van der Waals surface area contributed by atoms with Gasteiger partial charge in [-0.2, -0.15) is 0 Å². The molecule has 0 rings (SSSR count). The van der Waals surface area contributed by atoms with Crippen LogP contribution in [0, 0.1) is 72.4 Å². The summed E-state index contributed by atoms with van der Waals surface area (Å²) in [6, 6.07) is 0. The SMILES string of the molecule is N.O=[N+]([O-])[O-].O=[N+]([O-])[O-].[Ce]. The molecule has 0 saturated carbocycles. The minimum atomic E-state index is -1.75. The summed E-state index contributed by atoms with van der Waals surface area (Å²) < 4.78 is 0. The van der Waals surface area contributed by atoms with Crippen LogP contribution in [0.2, 0.25) is 0 Å². The van der Waals surface area contributed by atoms with E-state index in [9.17, 15) is 0 Å². The molecule has 3 N–H and O–H groups in total. The van der Waals surface area contributed by atoms with E-state index in [4.69, 9.17) is 30.6 Å². The molecule has 0 heterocycles. The molecule has 0 fully saturated rings. The van der Waals surface area contributed by atoms with Gasteiger partial charge in [-0.25, -0.2) is 0 Å². The fraction of sp³-hybridized carbons (Fsp3) is 0. The third kappa shape index (κ3) is 5060. The van der Waals surface area contributed by atoms with Crippen LogP contribution < -0.4 is 6.15 Å². The van der Waals surface area contributed by atoms with Gasteiger partial charge in [0.2, 0.25) is 0 Å². The molecular formula is H3CeN3O6-2. The van der Waals surface area contributed by atoms with Crippen LogP contribution in [0.25, 0.3) is 0 Å². The van der Waals surface area contributed by atoms with Crippen LogP contribution in [0.15, 0.2) is 0 Å². The Morgan fingerprint density at radius 2 is 0.800 bits per heavy atom. The third-order valence-corrected chi connectivity index (χ3v) is 0. The molecule has 0 amide bonds. The van der Waals surface area contributed by atoms with E-state index in [2.05, 4.69) is 0 Å². The number of nitrogens with zero attached hydrogens (tertiary/aromatic N) is 2. The van der Waals surface area contributed by atoms with Crippen molar-refractivity contribution in [3.8, 4) is 0 Å². The molecule has 0 aliphatic heterocycles. The second-order valence-corrected chi connectivity index (χ2v) is 0.447. The summed E-state index contributed by atoms with van der Waals surface area (Å²) in [6.07, 6.45) is 0. The van der Waals surface area contributed by atoms with Gasteiger partial charge in [-0.15, -0.1) is 0 Å². The number of hydrogen-bond acceptors (Lipinski definition) is 7. The number of rotatable bonds is 0. The summed E-state index contributed by atoms with van der Waals surface area (Å²) in [6.45, 7) is 0. The maximum atomic E-state index is 8.25. The van der Waals surface area contributed by atoms with Crippen molar-refractivity contribution in [1.82, 2.24) is 6.15 Å². The fourth-order valence-corrected chi connectivity index (χ4v) is 0. The molecule has 10 heavy (non-hydrogen) atoms. The maximum absolute atomic E-state index is 8.25. The van der Waals surface area contributed by atoms with Gasteiger partial charge < -0.3 is 36.8 Å². The van der Waals surface area contributed by atoms with Gasteiger partial charge >= 0.3 is 0 Å². The number of hydrogen-bond donors (Lipinski definition) is 1. The second-order valence-electron chi connectivity index (χ2n) is 0.447. The first-order chi connectivity index (χ1) is 3.46. The van der Waals surface area contributed by atoms with E-state index in [1.165, 1.54) is 0 Å². The van der Waals surface area contributed by atoms with Crippen LogP contribution in [0.1, 0.15) is 0 Å². The first-order valence-electron chi connectivity index (χ1n) is 1.10. The monoisotopic (exact) mass is 281 g/mol. The van der Waals surface area contributed by atoms with Crippen LogP contribution in [-0.2, 0) is 0 Å². The minimum Gasteiger partial charge on any atom is -0.356 e. The normalized spacial score (nSPS) is 4.80. The van der Waals surface area contributed by atoms with Crippen molar-refractivity contribution in [2.24, 2.45) is 0 Å². The Morgan fingerprint density at radius 1 is 0.800 bits per heavy atom. The Balaban J connectivity index is -0.0000000300. The molecule has 60 valence electrons. The molecule has 0 bridgehead atoms. The molecule has 0 radical (unpaired) electrons. The largest absolute Gasteiger partial charge is 0.356 e. The van der Waals surface area contributed by atoms with Crippen molar-refractivity contribution in [2.75, 3.05) is 0 Å². The van der Waals surface area contributed by atoms with Crippen molar-refractivity contribution >= 4 is 0 Å². The first-order valence-corrected chi connectivity index (χ1v) is 1.10. The van der Waals surface area contributed by atoms with E-state index < -0.39 is 10.2 Å². The first kappa shape index (κ1) is 22.6. The average Bonchev–Trinajstić information content (AvgIpc) is 1.25. The molecular weight excluding hydrogens is 278 g/mol. The van der Waals surface area contributed by atoms with Crippen molar-refractivity contribution in [3.05, 3.63) is 30.6 Å². The van der Waals surface area contributed by atoms with E-state index in [1.807, 2.05) is 0 Å². The van der Waals surface area contributed by atoms with Crippen molar-refractivity contribution < 1.29 is 51.9 Å². The van der Waals surface area contributed by atoms with Crippen LogP contribution in [0.3, 0.4) is 0 Å². The van der Waals surface area contributed by atoms with E-state index in [0.717, 1.165) is 0 Å². The summed E-state index contributed by atoms with van der Waals surface area (Å²) in [5.41, 5.74) is 0. The molecule has 0 spiro atoms. The summed E-state index contributed by atoms with van der Waals surface area (Å²) in [4.78, 5) is 16.5. The van der Waals surface area contributed by atoms with Crippen LogP contribution in [-0.4, -0.2) is 10.2 Å². The van der Waals surface area contributed by atoms with Gasteiger partial charge in [-0.3, -0.25) is 0 Å². The molecule has 0 aliphatic carbocycles. The molecule has 0 aromatic rings. The van der Waals surface area contributed by atoms with Gasteiger partial charge in [0.05, 0.1) is 10.2 Å². The summed E-state index contributed by atoms with van der Waals surface area (Å²) in [7, 11) is 0. The summed E-state index contributed by atoms with van der Waals surface area (Å²) in [5, 5.41) is 29.5. The van der Waals surface area contributed by atoms with E-state index in [1.54, 1.807) is 0 Å². The van der Waals surface area contributed by atoms with E-state index >= 15 is 0 Å². The quantitative estimate of drug-likeness (QED) is 0.468. The van der Waals surface area contributed by atoms with Gasteiger partial charge in [-0.1, -0.05) is 0 Å². The van der Waals surface area contributed by atoms with Crippen LogP contribution >= 0.6 is 0 Å². The Kier molecular flexibility index (Phi) is 35.9. The second kappa shape index (κ2) is 15.9. The third-order valence-electron chi connectivity index (χ3n) is 0. The van der Waals surface area contributed by atoms with Gasteiger partial charge in [-0.05, 0) is 0 Å². The summed E-state index contributed by atoms with van der Waals surface area (Å²) >= 11 is 0. The topological polar surface area (TPSA) is 167 Å². The minimum absolute atomic E-state index is 0. The van der Waals surface area contributed by atoms with Gasteiger partial charge in [0, 0.05) is 41.7 Å². The Hall–Kier alpha value is -0.263. The molecule has 0 unspecified atom stereocenters. The predicted molar refractivity (Wildman–Crippen MR) is 25.7 cm³/mol. The van der Waals surface area contributed by atoms with Crippen molar-refractivity contribution in [1.29, 1.82) is 0 Å². The zero-order valence-electron chi connectivity index (χ0n) is 4.55. The Morgan fingerprint density at radius 3 is 0.800 bits per heavy atom. The molecule has 0 aliphatic rings. The molecule has 9 nitrogen and oxygen atoms in total. The smallest absolute Gasteiger partial charge is 0.0689 e. The molecule has 0 aromatic heterocycles. The van der Waals surface area contributed by atoms with Crippen molar-refractivity contribution in [2.45, 2.75) is 0 Å². The zero-order valence-corrected chi connectivity index (χ0v) is 7.69. The average molecular weight is 281 g/mol. The van der Waals surface area contributed by atoms with E-state index in [0.29, 0.717) is 0 Å². The molecule has 0 saturated heterocycles. The predicted octanol–water partition coefficient (Wildman–Crippen LogP) is -0.316. The van der Waals surface area contributed by atoms with Crippen LogP contribution in [0.4, 0.5) is 0 Å². The van der Waals surface area contributed by atoms with Gasteiger partial charge in [0.15, 0.2) is 0 Å². The fourth-order valence-electron chi connectivity index (χ4n) is 0.